The van der Waals surface area contributed by atoms with E-state index in [-0.39, 0.29) is 23.3 Å². The molecule has 1 aromatic carbocycles. The van der Waals surface area contributed by atoms with Crippen LogP contribution in [0.15, 0.2) is 29.2 Å². The largest absolute Gasteiger partial charge is 0.377 e. The Balaban J connectivity index is 2.70. The molecule has 0 amide bonds. The first-order valence-electron chi connectivity index (χ1n) is 5.79. The van der Waals surface area contributed by atoms with Gasteiger partial charge in [-0.25, -0.2) is 12.8 Å². The molecule has 6 heteroatoms. The molecule has 2 N–H and O–H groups in total. The minimum Gasteiger partial charge on any atom is -0.377 e. The van der Waals surface area contributed by atoms with Gasteiger partial charge in [0.05, 0.1) is 16.8 Å². The molecule has 1 unspecified atom stereocenters. The molecule has 1 aromatic rings. The molecule has 0 aromatic heterocycles. The van der Waals surface area contributed by atoms with E-state index in [0.717, 1.165) is 6.07 Å². The summed E-state index contributed by atoms with van der Waals surface area (Å²) in [4.78, 5) is -0.00484. The fourth-order valence-corrected chi connectivity index (χ4v) is 2.96. The van der Waals surface area contributed by atoms with Crippen LogP contribution in [0.2, 0.25) is 0 Å². The molecule has 102 valence electrons. The lowest BCUT2D eigenvalue weighted by molar-refractivity contribution is 0.0671. The summed E-state index contributed by atoms with van der Waals surface area (Å²) in [6, 6.07) is 5.00. The first-order chi connectivity index (χ1) is 8.49. The van der Waals surface area contributed by atoms with Crippen molar-refractivity contribution in [2.24, 2.45) is 5.73 Å². The summed E-state index contributed by atoms with van der Waals surface area (Å²) in [5, 5.41) is 0. The fraction of sp³-hybridized carbons (Fsp3) is 0.500. The highest BCUT2D eigenvalue weighted by molar-refractivity contribution is 7.91. The molecule has 0 heterocycles. The van der Waals surface area contributed by atoms with E-state index in [2.05, 4.69) is 0 Å². The zero-order valence-electron chi connectivity index (χ0n) is 10.3. The number of hydrogen-bond donors (Lipinski definition) is 1. The second kappa shape index (κ2) is 6.82. The Morgan fingerprint density at radius 2 is 2.17 bits per heavy atom. The normalized spacial score (nSPS) is 13.5. The van der Waals surface area contributed by atoms with Crippen molar-refractivity contribution in [2.75, 3.05) is 18.9 Å². The summed E-state index contributed by atoms with van der Waals surface area (Å²) < 4.78 is 42.1. The maximum Gasteiger partial charge on any atom is 0.178 e. The number of ether oxygens (including phenoxy) is 1. The van der Waals surface area contributed by atoms with Crippen molar-refractivity contribution >= 4 is 9.84 Å². The number of sulfone groups is 1. The zero-order valence-corrected chi connectivity index (χ0v) is 11.1. The van der Waals surface area contributed by atoms with Gasteiger partial charge < -0.3 is 10.5 Å². The SMILES string of the molecule is CCOC(CN)CCS(=O)(=O)c1cccc(F)c1. The Hall–Kier alpha value is -0.980. The Kier molecular flexibility index (Phi) is 5.71. The topological polar surface area (TPSA) is 69.4 Å². The lowest BCUT2D eigenvalue weighted by atomic mass is 10.3. The number of rotatable bonds is 7. The van der Waals surface area contributed by atoms with Gasteiger partial charge in [-0.05, 0) is 31.5 Å². The van der Waals surface area contributed by atoms with Crippen LogP contribution in [0.4, 0.5) is 4.39 Å². The second-order valence-electron chi connectivity index (χ2n) is 3.88. The lowest BCUT2D eigenvalue weighted by Crippen LogP contribution is -2.26. The molecule has 0 spiro atoms. The van der Waals surface area contributed by atoms with E-state index in [4.69, 9.17) is 10.5 Å². The monoisotopic (exact) mass is 275 g/mol. The Labute approximate surface area is 107 Å². The van der Waals surface area contributed by atoms with Crippen LogP contribution in [0, 0.1) is 5.82 Å². The third-order valence-corrected chi connectivity index (χ3v) is 4.27. The summed E-state index contributed by atoms with van der Waals surface area (Å²) in [5.41, 5.74) is 5.47. The quantitative estimate of drug-likeness (QED) is 0.815. The van der Waals surface area contributed by atoms with Crippen molar-refractivity contribution < 1.29 is 17.5 Å². The summed E-state index contributed by atoms with van der Waals surface area (Å²) in [6.45, 7) is 2.58. The van der Waals surface area contributed by atoms with Crippen molar-refractivity contribution in [2.45, 2.75) is 24.3 Å². The first-order valence-corrected chi connectivity index (χ1v) is 7.44. The smallest absolute Gasteiger partial charge is 0.178 e. The van der Waals surface area contributed by atoms with Gasteiger partial charge in [-0.2, -0.15) is 0 Å². The minimum atomic E-state index is -3.48. The summed E-state index contributed by atoms with van der Waals surface area (Å²) in [6.07, 6.45) is 0.0294. The van der Waals surface area contributed by atoms with E-state index in [1.54, 1.807) is 0 Å². The number of hydrogen-bond acceptors (Lipinski definition) is 4. The van der Waals surface area contributed by atoms with Gasteiger partial charge in [0.1, 0.15) is 5.82 Å². The van der Waals surface area contributed by atoms with Gasteiger partial charge in [0, 0.05) is 13.2 Å². The molecule has 0 aliphatic carbocycles. The molecule has 0 radical (unpaired) electrons. The van der Waals surface area contributed by atoms with Crippen LogP contribution in [0.5, 0.6) is 0 Å². The van der Waals surface area contributed by atoms with E-state index in [9.17, 15) is 12.8 Å². The van der Waals surface area contributed by atoms with Crippen LogP contribution in [-0.2, 0) is 14.6 Å². The number of benzene rings is 1. The van der Waals surface area contributed by atoms with Crippen LogP contribution < -0.4 is 5.73 Å². The lowest BCUT2D eigenvalue weighted by Gasteiger charge is -2.14. The molecule has 0 saturated heterocycles. The van der Waals surface area contributed by atoms with Gasteiger partial charge in [-0.1, -0.05) is 6.07 Å². The summed E-state index contributed by atoms with van der Waals surface area (Å²) in [5.74, 6) is -0.658. The second-order valence-corrected chi connectivity index (χ2v) is 5.99. The van der Waals surface area contributed by atoms with Crippen LogP contribution in [0.1, 0.15) is 13.3 Å². The molecule has 4 nitrogen and oxygen atoms in total. The van der Waals surface area contributed by atoms with E-state index in [1.807, 2.05) is 6.92 Å². The molecule has 0 saturated carbocycles. The molecule has 0 fully saturated rings. The summed E-state index contributed by atoms with van der Waals surface area (Å²) >= 11 is 0. The number of nitrogens with two attached hydrogens (primary N) is 1. The molecule has 0 aliphatic heterocycles. The first kappa shape index (κ1) is 15.1. The zero-order chi connectivity index (χ0) is 13.6. The highest BCUT2D eigenvalue weighted by Crippen LogP contribution is 2.14. The Morgan fingerprint density at radius 1 is 1.44 bits per heavy atom. The highest BCUT2D eigenvalue weighted by atomic mass is 32.2. The van der Waals surface area contributed by atoms with Crippen LogP contribution in [0.25, 0.3) is 0 Å². The Bertz CT molecular complexity index is 476. The van der Waals surface area contributed by atoms with E-state index in [1.165, 1.54) is 18.2 Å². The van der Waals surface area contributed by atoms with Crippen molar-refractivity contribution in [3.8, 4) is 0 Å². The van der Waals surface area contributed by atoms with Gasteiger partial charge in [-0.15, -0.1) is 0 Å². The molecule has 18 heavy (non-hydrogen) atoms. The molecule has 1 rings (SSSR count). The van der Waals surface area contributed by atoms with Gasteiger partial charge in [-0.3, -0.25) is 0 Å². The molecular formula is C12H18FNO3S. The third kappa shape index (κ3) is 4.36. The maximum absolute atomic E-state index is 13.0. The van der Waals surface area contributed by atoms with Gasteiger partial charge in [0.25, 0.3) is 0 Å². The van der Waals surface area contributed by atoms with Crippen LogP contribution in [0.3, 0.4) is 0 Å². The van der Waals surface area contributed by atoms with E-state index in [0.29, 0.717) is 13.0 Å². The predicted molar refractivity (Wildman–Crippen MR) is 67.5 cm³/mol. The van der Waals surface area contributed by atoms with Crippen LogP contribution in [-0.4, -0.2) is 33.4 Å². The predicted octanol–water partition coefficient (Wildman–Crippen LogP) is 1.35. The van der Waals surface area contributed by atoms with Gasteiger partial charge in [0.2, 0.25) is 0 Å². The van der Waals surface area contributed by atoms with Crippen molar-refractivity contribution in [1.29, 1.82) is 0 Å². The summed E-state index contributed by atoms with van der Waals surface area (Å²) in [7, 11) is -3.48. The van der Waals surface area contributed by atoms with Gasteiger partial charge in [0.15, 0.2) is 9.84 Å². The average molecular weight is 275 g/mol. The molecular weight excluding hydrogens is 257 g/mol. The van der Waals surface area contributed by atoms with E-state index < -0.39 is 15.7 Å². The Morgan fingerprint density at radius 3 is 2.72 bits per heavy atom. The molecule has 0 bridgehead atoms. The maximum atomic E-state index is 13.0. The van der Waals surface area contributed by atoms with Crippen molar-refractivity contribution in [3.63, 3.8) is 0 Å². The third-order valence-electron chi connectivity index (χ3n) is 2.53. The van der Waals surface area contributed by atoms with E-state index >= 15 is 0 Å². The molecule has 1 atom stereocenters. The van der Waals surface area contributed by atoms with Crippen molar-refractivity contribution in [3.05, 3.63) is 30.1 Å². The van der Waals surface area contributed by atoms with Gasteiger partial charge >= 0.3 is 0 Å². The fourth-order valence-electron chi connectivity index (χ4n) is 1.57. The molecule has 0 aliphatic rings. The van der Waals surface area contributed by atoms with Crippen molar-refractivity contribution in [1.82, 2.24) is 0 Å². The average Bonchev–Trinajstić information content (AvgIpc) is 2.34. The number of halogens is 1. The highest BCUT2D eigenvalue weighted by Gasteiger charge is 2.17. The minimum absolute atomic E-state index is 0.00484. The standard InChI is InChI=1S/C12H18FNO3S/c1-2-17-11(9-14)6-7-18(15,16)12-5-3-4-10(13)8-12/h3-5,8,11H,2,6-7,9,14H2,1H3. The van der Waals surface area contributed by atoms with Crippen LogP contribution >= 0.6 is 0 Å².